The highest BCUT2D eigenvalue weighted by atomic mass is 35.5. The zero-order chi connectivity index (χ0) is 16.0. The molecule has 1 aromatic heterocycles. The summed E-state index contributed by atoms with van der Waals surface area (Å²) in [6.45, 7) is 0. The lowest BCUT2D eigenvalue weighted by Crippen LogP contribution is -2.26. The number of rotatable bonds is 4. The number of fused-ring (bicyclic) bond motifs is 1. The van der Waals surface area contributed by atoms with Crippen LogP contribution in [0.15, 0.2) is 34.2 Å². The molecule has 0 aliphatic heterocycles. The number of aromatic nitrogens is 2. The Morgan fingerprint density at radius 3 is 2.65 bits per heavy atom. The van der Waals surface area contributed by atoms with Gasteiger partial charge in [0.15, 0.2) is 5.16 Å². The minimum absolute atomic E-state index is 0.0869. The van der Waals surface area contributed by atoms with E-state index in [1.165, 1.54) is 12.8 Å². The van der Waals surface area contributed by atoms with Gasteiger partial charge in [-0.25, -0.2) is 4.98 Å². The van der Waals surface area contributed by atoms with E-state index < -0.39 is 4.33 Å². The van der Waals surface area contributed by atoms with Crippen LogP contribution in [0.3, 0.4) is 0 Å². The second-order valence-electron chi connectivity index (χ2n) is 6.50. The van der Waals surface area contributed by atoms with Crippen molar-refractivity contribution < 1.29 is 0 Å². The second kappa shape index (κ2) is 5.98. The fraction of sp³-hybridized carbons (Fsp3) is 0.529. The van der Waals surface area contributed by atoms with Crippen LogP contribution in [-0.2, 0) is 0 Å². The molecule has 0 N–H and O–H groups in total. The van der Waals surface area contributed by atoms with Crippen molar-refractivity contribution in [1.29, 1.82) is 0 Å². The molecule has 1 atom stereocenters. The van der Waals surface area contributed by atoms with Gasteiger partial charge in [-0.3, -0.25) is 9.36 Å². The van der Waals surface area contributed by atoms with E-state index in [9.17, 15) is 4.79 Å². The quantitative estimate of drug-likeness (QED) is 0.441. The highest BCUT2D eigenvalue weighted by molar-refractivity contribution is 7.99. The van der Waals surface area contributed by atoms with Crippen molar-refractivity contribution in [2.24, 2.45) is 5.92 Å². The first-order chi connectivity index (χ1) is 11.1. The highest BCUT2D eigenvalue weighted by Crippen LogP contribution is 2.54. The van der Waals surface area contributed by atoms with Gasteiger partial charge < -0.3 is 0 Å². The van der Waals surface area contributed by atoms with Crippen molar-refractivity contribution >= 4 is 45.9 Å². The van der Waals surface area contributed by atoms with Crippen LogP contribution in [-0.4, -0.2) is 19.6 Å². The Morgan fingerprint density at radius 2 is 1.96 bits per heavy atom. The van der Waals surface area contributed by atoms with Crippen LogP contribution >= 0.6 is 35.0 Å². The van der Waals surface area contributed by atoms with Crippen molar-refractivity contribution in [1.82, 2.24) is 9.55 Å². The first-order valence-corrected chi connectivity index (χ1v) is 9.82. The van der Waals surface area contributed by atoms with Crippen LogP contribution in [0, 0.1) is 5.92 Å². The standard InChI is InChI=1S/C17H18Cl2N2OS/c18-17(19)9-11(17)10-23-16-20-14-8-4-3-7-13(14)15(22)21(16)12-5-1-2-6-12/h3-4,7-8,11-12H,1-2,5-6,9-10H2. The number of hydrogen-bond acceptors (Lipinski definition) is 3. The summed E-state index contributed by atoms with van der Waals surface area (Å²) in [6, 6.07) is 7.87. The number of para-hydroxylation sites is 1. The van der Waals surface area contributed by atoms with E-state index in [1.807, 2.05) is 28.8 Å². The maximum atomic E-state index is 13.0. The van der Waals surface area contributed by atoms with Crippen molar-refractivity contribution in [2.75, 3.05) is 5.75 Å². The molecule has 0 bridgehead atoms. The largest absolute Gasteiger partial charge is 0.284 e. The number of thioether (sulfide) groups is 1. The number of halogens is 2. The molecule has 1 aromatic carbocycles. The lowest BCUT2D eigenvalue weighted by atomic mass is 10.2. The molecule has 0 radical (unpaired) electrons. The van der Waals surface area contributed by atoms with Gasteiger partial charge in [-0.2, -0.15) is 0 Å². The third-order valence-corrected chi connectivity index (χ3v) is 6.88. The molecule has 2 aliphatic rings. The zero-order valence-corrected chi connectivity index (χ0v) is 15.0. The minimum Gasteiger partial charge on any atom is -0.284 e. The maximum absolute atomic E-state index is 13.0. The Bertz CT molecular complexity index is 799. The summed E-state index contributed by atoms with van der Waals surface area (Å²) in [5.74, 6) is 1.10. The molecule has 2 aromatic rings. The Labute approximate surface area is 149 Å². The smallest absolute Gasteiger partial charge is 0.262 e. The Morgan fingerprint density at radius 1 is 1.26 bits per heavy atom. The van der Waals surface area contributed by atoms with Gasteiger partial charge in [-0.05, 0) is 31.4 Å². The fourth-order valence-corrected chi connectivity index (χ4v) is 5.33. The van der Waals surface area contributed by atoms with E-state index in [2.05, 4.69) is 0 Å². The van der Waals surface area contributed by atoms with Gasteiger partial charge in [0.2, 0.25) is 0 Å². The van der Waals surface area contributed by atoms with Crippen molar-refractivity contribution in [3.63, 3.8) is 0 Å². The van der Waals surface area contributed by atoms with E-state index in [-0.39, 0.29) is 17.5 Å². The Balaban J connectivity index is 1.74. The van der Waals surface area contributed by atoms with Gasteiger partial charge in [0.1, 0.15) is 4.33 Å². The molecule has 122 valence electrons. The SMILES string of the molecule is O=c1c2ccccc2nc(SCC2CC2(Cl)Cl)n1C1CCCC1. The van der Waals surface area contributed by atoms with Crippen LogP contribution in [0.25, 0.3) is 10.9 Å². The lowest BCUT2D eigenvalue weighted by Gasteiger charge is -2.18. The van der Waals surface area contributed by atoms with Gasteiger partial charge in [-0.1, -0.05) is 36.7 Å². The molecular formula is C17H18Cl2N2OS. The summed E-state index contributed by atoms with van der Waals surface area (Å²) in [4.78, 5) is 17.7. The Kier molecular flexibility index (Phi) is 4.11. The first kappa shape index (κ1) is 15.8. The van der Waals surface area contributed by atoms with E-state index in [0.29, 0.717) is 5.39 Å². The molecule has 4 rings (SSSR count). The lowest BCUT2D eigenvalue weighted by molar-refractivity contribution is 0.457. The number of nitrogens with zero attached hydrogens (tertiary/aromatic N) is 2. The summed E-state index contributed by atoms with van der Waals surface area (Å²) in [6.07, 6.45) is 5.31. The molecule has 6 heteroatoms. The molecular weight excluding hydrogens is 351 g/mol. The molecule has 1 heterocycles. The van der Waals surface area contributed by atoms with E-state index in [4.69, 9.17) is 28.2 Å². The summed E-state index contributed by atoms with van der Waals surface area (Å²) < 4.78 is 1.34. The van der Waals surface area contributed by atoms with Gasteiger partial charge in [0.25, 0.3) is 5.56 Å². The molecule has 0 spiro atoms. The molecule has 2 saturated carbocycles. The fourth-order valence-electron chi connectivity index (χ4n) is 3.34. The molecule has 23 heavy (non-hydrogen) atoms. The van der Waals surface area contributed by atoms with Gasteiger partial charge in [0, 0.05) is 17.7 Å². The first-order valence-electron chi connectivity index (χ1n) is 8.08. The van der Waals surface area contributed by atoms with Crippen molar-refractivity contribution in [2.45, 2.75) is 47.6 Å². The van der Waals surface area contributed by atoms with Crippen LogP contribution in [0.4, 0.5) is 0 Å². The van der Waals surface area contributed by atoms with Gasteiger partial charge in [-0.15, -0.1) is 23.2 Å². The zero-order valence-electron chi connectivity index (χ0n) is 12.7. The van der Waals surface area contributed by atoms with Crippen LogP contribution in [0.2, 0.25) is 0 Å². The summed E-state index contributed by atoms with van der Waals surface area (Å²) in [5.41, 5.74) is 0.858. The third kappa shape index (κ3) is 3.01. The Hall–Kier alpha value is -0.710. The second-order valence-corrected chi connectivity index (χ2v) is 9.03. The average Bonchev–Trinajstić information content (AvgIpc) is 2.91. The summed E-state index contributed by atoms with van der Waals surface area (Å²) in [5, 5.41) is 1.52. The van der Waals surface area contributed by atoms with Crippen molar-refractivity contribution in [3.8, 4) is 0 Å². The third-order valence-electron chi connectivity index (χ3n) is 4.83. The minimum atomic E-state index is -0.581. The molecule has 2 fully saturated rings. The topological polar surface area (TPSA) is 34.9 Å². The predicted octanol–water partition coefficient (Wildman–Crippen LogP) is 4.80. The predicted molar refractivity (Wildman–Crippen MR) is 96.8 cm³/mol. The van der Waals surface area contributed by atoms with Crippen LogP contribution < -0.4 is 5.56 Å². The van der Waals surface area contributed by atoms with Gasteiger partial charge in [0.05, 0.1) is 10.9 Å². The highest BCUT2D eigenvalue weighted by Gasteiger charge is 2.51. The molecule has 1 unspecified atom stereocenters. The van der Waals surface area contributed by atoms with Gasteiger partial charge >= 0.3 is 0 Å². The number of hydrogen-bond donors (Lipinski definition) is 0. The molecule has 0 saturated heterocycles. The van der Waals surface area contributed by atoms with E-state index in [0.717, 1.165) is 35.7 Å². The monoisotopic (exact) mass is 368 g/mol. The van der Waals surface area contributed by atoms with Crippen LogP contribution in [0.1, 0.15) is 38.1 Å². The summed E-state index contributed by atoms with van der Waals surface area (Å²) in [7, 11) is 0. The average molecular weight is 369 g/mol. The maximum Gasteiger partial charge on any atom is 0.262 e. The molecule has 0 amide bonds. The molecule has 2 aliphatic carbocycles. The van der Waals surface area contributed by atoms with Crippen LogP contribution in [0.5, 0.6) is 0 Å². The molecule has 3 nitrogen and oxygen atoms in total. The van der Waals surface area contributed by atoms with Crippen molar-refractivity contribution in [3.05, 3.63) is 34.6 Å². The van der Waals surface area contributed by atoms with E-state index >= 15 is 0 Å². The normalized spacial score (nSPS) is 23.5. The summed E-state index contributed by atoms with van der Waals surface area (Å²) >= 11 is 13.9. The van der Waals surface area contributed by atoms with E-state index in [1.54, 1.807) is 11.8 Å². The number of benzene rings is 1. The number of alkyl halides is 2.